The molecule has 7 heteroatoms. The number of ether oxygens (including phenoxy) is 1. The van der Waals surface area contributed by atoms with Crippen LogP contribution >= 0.6 is 24.0 Å². The summed E-state index contributed by atoms with van der Waals surface area (Å²) < 4.78 is 7.69. The first-order chi connectivity index (χ1) is 13.3. The summed E-state index contributed by atoms with van der Waals surface area (Å²) in [6, 6.07) is 10.6. The number of hydrogen-bond donors (Lipinski definition) is 1. The minimum Gasteiger partial charge on any atom is -0.381 e. The van der Waals surface area contributed by atoms with Gasteiger partial charge in [0.1, 0.15) is 12.4 Å². The lowest BCUT2D eigenvalue weighted by Crippen LogP contribution is -2.41. The quantitative estimate of drug-likeness (QED) is 0.346. The van der Waals surface area contributed by atoms with Crippen LogP contribution in [0.3, 0.4) is 0 Å². The Hall–Kier alpha value is -1.61. The molecule has 1 aromatic carbocycles. The van der Waals surface area contributed by atoms with E-state index in [0.29, 0.717) is 12.5 Å². The van der Waals surface area contributed by atoms with Gasteiger partial charge in [-0.3, -0.25) is 0 Å². The van der Waals surface area contributed by atoms with E-state index in [9.17, 15) is 0 Å². The van der Waals surface area contributed by atoms with Crippen molar-refractivity contribution in [3.63, 3.8) is 0 Å². The summed E-state index contributed by atoms with van der Waals surface area (Å²) in [7, 11) is 2.10. The molecule has 1 aliphatic heterocycles. The zero-order valence-corrected chi connectivity index (χ0v) is 19.2. The molecule has 1 fully saturated rings. The molecule has 1 unspecified atom stereocenters. The van der Waals surface area contributed by atoms with Crippen molar-refractivity contribution >= 4 is 29.9 Å². The Morgan fingerprint density at radius 3 is 2.89 bits per heavy atom. The Kier molecular flexibility index (Phi) is 9.77. The molecule has 2 aromatic rings. The third-order valence-electron chi connectivity index (χ3n) is 4.91. The van der Waals surface area contributed by atoms with E-state index >= 15 is 0 Å². The highest BCUT2D eigenvalue weighted by atomic mass is 127. The van der Waals surface area contributed by atoms with Crippen LogP contribution in [-0.2, 0) is 24.2 Å². The Bertz CT molecular complexity index is 713. The van der Waals surface area contributed by atoms with E-state index in [0.717, 1.165) is 57.5 Å². The number of guanidine groups is 1. The van der Waals surface area contributed by atoms with Crippen LogP contribution in [-0.4, -0.2) is 53.8 Å². The van der Waals surface area contributed by atoms with Gasteiger partial charge >= 0.3 is 0 Å². The molecule has 28 heavy (non-hydrogen) atoms. The van der Waals surface area contributed by atoms with Crippen LogP contribution in [0.15, 0.2) is 47.7 Å². The first kappa shape index (κ1) is 22.7. The van der Waals surface area contributed by atoms with Crippen LogP contribution in [0.4, 0.5) is 0 Å². The summed E-state index contributed by atoms with van der Waals surface area (Å²) in [6.07, 6.45) is 6.03. The summed E-state index contributed by atoms with van der Waals surface area (Å²) in [5, 5.41) is 3.39. The monoisotopic (exact) mass is 497 g/mol. The number of halogens is 1. The number of aryl methyl sites for hydroxylation is 2. The lowest BCUT2D eigenvalue weighted by molar-refractivity contribution is 0.181. The number of hydrogen-bond acceptors (Lipinski definition) is 3. The number of nitrogens with one attached hydrogen (secondary N) is 1. The van der Waals surface area contributed by atoms with Crippen molar-refractivity contribution in [3.05, 3.63) is 54.1 Å². The minimum atomic E-state index is 0. The number of rotatable bonds is 8. The van der Waals surface area contributed by atoms with Crippen LogP contribution < -0.4 is 5.32 Å². The number of benzene rings is 1. The van der Waals surface area contributed by atoms with Crippen LogP contribution in [0.25, 0.3) is 0 Å². The van der Waals surface area contributed by atoms with Gasteiger partial charge in [-0.15, -0.1) is 24.0 Å². The first-order valence-corrected chi connectivity index (χ1v) is 9.87. The van der Waals surface area contributed by atoms with Crippen molar-refractivity contribution < 1.29 is 4.74 Å². The third-order valence-corrected chi connectivity index (χ3v) is 4.91. The second-order valence-electron chi connectivity index (χ2n) is 7.05. The fraction of sp³-hybridized carbons (Fsp3) is 0.524. The summed E-state index contributed by atoms with van der Waals surface area (Å²) in [4.78, 5) is 11.5. The van der Waals surface area contributed by atoms with Gasteiger partial charge in [-0.1, -0.05) is 30.3 Å². The second-order valence-corrected chi connectivity index (χ2v) is 7.05. The van der Waals surface area contributed by atoms with Gasteiger partial charge in [0, 0.05) is 51.6 Å². The molecule has 6 nitrogen and oxygen atoms in total. The highest BCUT2D eigenvalue weighted by molar-refractivity contribution is 14.0. The Morgan fingerprint density at radius 1 is 1.36 bits per heavy atom. The first-order valence-electron chi connectivity index (χ1n) is 9.87. The summed E-state index contributed by atoms with van der Waals surface area (Å²) in [5.74, 6) is 2.52. The maximum atomic E-state index is 5.50. The highest BCUT2D eigenvalue weighted by Crippen LogP contribution is 2.13. The predicted octanol–water partition coefficient (Wildman–Crippen LogP) is 3.18. The molecule has 1 aliphatic rings. The second kappa shape index (κ2) is 12.1. The molecule has 1 saturated heterocycles. The zero-order valence-electron chi connectivity index (χ0n) is 16.9. The van der Waals surface area contributed by atoms with E-state index in [2.05, 4.69) is 64.1 Å². The van der Waals surface area contributed by atoms with Crippen molar-refractivity contribution in [1.82, 2.24) is 19.8 Å². The molecule has 154 valence electrons. The molecule has 3 rings (SSSR count). The molecule has 0 spiro atoms. The topological polar surface area (TPSA) is 54.7 Å². The lowest BCUT2D eigenvalue weighted by atomic mass is 10.1. The summed E-state index contributed by atoms with van der Waals surface area (Å²) in [5.41, 5.74) is 1.34. The molecule has 0 bridgehead atoms. The molecule has 0 saturated carbocycles. The molecule has 0 radical (unpaired) electrons. The van der Waals surface area contributed by atoms with Gasteiger partial charge in [0.15, 0.2) is 5.96 Å². The molecule has 1 N–H and O–H groups in total. The van der Waals surface area contributed by atoms with E-state index in [4.69, 9.17) is 9.73 Å². The van der Waals surface area contributed by atoms with Crippen LogP contribution in [0, 0.1) is 5.92 Å². The third kappa shape index (κ3) is 6.77. The molecule has 1 aromatic heterocycles. The summed E-state index contributed by atoms with van der Waals surface area (Å²) in [6.45, 7) is 7.15. The van der Waals surface area contributed by atoms with Crippen LogP contribution in [0.1, 0.15) is 24.7 Å². The zero-order chi connectivity index (χ0) is 18.9. The molecule has 0 amide bonds. The van der Waals surface area contributed by atoms with Crippen LogP contribution in [0.5, 0.6) is 0 Å². The van der Waals surface area contributed by atoms with Gasteiger partial charge in [0.05, 0.1) is 6.61 Å². The van der Waals surface area contributed by atoms with E-state index in [1.54, 1.807) is 0 Å². The summed E-state index contributed by atoms with van der Waals surface area (Å²) >= 11 is 0. The van der Waals surface area contributed by atoms with Gasteiger partial charge in [-0.05, 0) is 25.3 Å². The molecular weight excluding hydrogens is 465 g/mol. The largest absolute Gasteiger partial charge is 0.381 e. The van der Waals surface area contributed by atoms with Crippen LogP contribution in [0.2, 0.25) is 0 Å². The van der Waals surface area contributed by atoms with Gasteiger partial charge < -0.3 is 19.5 Å². The van der Waals surface area contributed by atoms with Crippen molar-refractivity contribution in [2.75, 3.05) is 33.4 Å². The minimum absolute atomic E-state index is 0. The highest BCUT2D eigenvalue weighted by Gasteiger charge is 2.19. The standard InChI is InChI=1S/C21H31N5O.HI/c1-3-22-21(25(2)16-19-10-14-27-17-19)24-15-20-23-11-13-26(20)12-9-18-7-5-4-6-8-18;/h4-8,11,13,19H,3,9-10,12,14-17H2,1-2H3,(H,22,24);1H. The molecule has 0 aliphatic carbocycles. The number of aromatic nitrogens is 2. The Balaban J connectivity index is 0.00000280. The molecular formula is C21H32IN5O. The molecule has 1 atom stereocenters. The maximum Gasteiger partial charge on any atom is 0.194 e. The SMILES string of the molecule is CCNC(=NCc1nccn1CCc1ccccc1)N(C)CC1CCOC1.I. The van der Waals surface area contributed by atoms with E-state index in [1.807, 2.05) is 12.4 Å². The van der Waals surface area contributed by atoms with Gasteiger partial charge in [-0.25, -0.2) is 9.98 Å². The average Bonchev–Trinajstić information content (AvgIpc) is 3.36. The fourth-order valence-electron chi connectivity index (χ4n) is 3.41. The van der Waals surface area contributed by atoms with Crippen molar-refractivity contribution in [2.24, 2.45) is 10.9 Å². The average molecular weight is 497 g/mol. The Labute approximate surface area is 185 Å². The van der Waals surface area contributed by atoms with Gasteiger partial charge in [0.2, 0.25) is 0 Å². The van der Waals surface area contributed by atoms with E-state index in [1.165, 1.54) is 5.56 Å². The van der Waals surface area contributed by atoms with Gasteiger partial charge in [0.25, 0.3) is 0 Å². The predicted molar refractivity (Wildman–Crippen MR) is 124 cm³/mol. The normalized spacial score (nSPS) is 16.6. The Morgan fingerprint density at radius 2 is 2.18 bits per heavy atom. The van der Waals surface area contributed by atoms with E-state index in [-0.39, 0.29) is 24.0 Å². The number of imidazole rings is 1. The van der Waals surface area contributed by atoms with Crippen molar-refractivity contribution in [1.29, 1.82) is 0 Å². The van der Waals surface area contributed by atoms with Crippen molar-refractivity contribution in [2.45, 2.75) is 32.9 Å². The molecule has 2 heterocycles. The smallest absolute Gasteiger partial charge is 0.194 e. The number of nitrogens with zero attached hydrogens (tertiary/aromatic N) is 4. The van der Waals surface area contributed by atoms with Gasteiger partial charge in [-0.2, -0.15) is 0 Å². The lowest BCUT2D eigenvalue weighted by Gasteiger charge is -2.24. The fourth-order valence-corrected chi connectivity index (χ4v) is 3.41. The van der Waals surface area contributed by atoms with E-state index < -0.39 is 0 Å². The van der Waals surface area contributed by atoms with Crippen molar-refractivity contribution in [3.8, 4) is 0 Å². The number of aliphatic imine (C=N–C) groups is 1. The maximum absolute atomic E-state index is 5.50.